The molecule has 3 rings (SSSR count). The Bertz CT molecular complexity index is 686. The summed E-state index contributed by atoms with van der Waals surface area (Å²) in [5, 5.41) is 2.56. The van der Waals surface area contributed by atoms with E-state index < -0.39 is 0 Å². The summed E-state index contributed by atoms with van der Waals surface area (Å²) in [6.45, 7) is 0. The highest BCUT2D eigenvalue weighted by atomic mass is 35.5. The van der Waals surface area contributed by atoms with Crippen molar-refractivity contribution in [2.45, 2.75) is 0 Å². The molecule has 1 N–H and O–H groups in total. The van der Waals surface area contributed by atoms with Gasteiger partial charge in [-0.25, -0.2) is 0 Å². The van der Waals surface area contributed by atoms with Crippen molar-refractivity contribution in [2.75, 3.05) is 0 Å². The average molecular weight is 262 g/mol. The minimum atomic E-state index is 0.727. The van der Waals surface area contributed by atoms with Crippen molar-refractivity contribution in [3.05, 3.63) is 58.7 Å². The molecular formula is C14H9Cl2N. The minimum absolute atomic E-state index is 0.727. The number of aromatic nitrogens is 1. The summed E-state index contributed by atoms with van der Waals surface area (Å²) >= 11 is 12.2. The van der Waals surface area contributed by atoms with E-state index >= 15 is 0 Å². The van der Waals surface area contributed by atoms with Crippen LogP contribution in [0.15, 0.2) is 48.7 Å². The molecule has 3 heteroatoms. The number of benzene rings is 2. The van der Waals surface area contributed by atoms with Crippen molar-refractivity contribution in [3.63, 3.8) is 0 Å². The Kier molecular flexibility index (Phi) is 2.58. The van der Waals surface area contributed by atoms with E-state index in [-0.39, 0.29) is 0 Å². The second kappa shape index (κ2) is 4.10. The van der Waals surface area contributed by atoms with E-state index in [4.69, 9.17) is 23.2 Å². The molecule has 17 heavy (non-hydrogen) atoms. The molecule has 0 saturated carbocycles. The highest BCUT2D eigenvalue weighted by molar-refractivity contribution is 6.34. The molecule has 2 aromatic carbocycles. The number of hydrogen-bond donors (Lipinski definition) is 1. The van der Waals surface area contributed by atoms with Crippen molar-refractivity contribution in [1.82, 2.24) is 4.98 Å². The average Bonchev–Trinajstić information content (AvgIpc) is 2.72. The molecule has 0 bridgehead atoms. The van der Waals surface area contributed by atoms with Crippen molar-refractivity contribution in [1.29, 1.82) is 0 Å². The first-order chi connectivity index (χ1) is 8.25. The van der Waals surface area contributed by atoms with E-state index in [1.165, 1.54) is 0 Å². The van der Waals surface area contributed by atoms with Crippen LogP contribution >= 0.6 is 23.2 Å². The molecule has 0 aliphatic heterocycles. The van der Waals surface area contributed by atoms with Gasteiger partial charge in [0.1, 0.15) is 0 Å². The molecule has 1 nitrogen and oxygen atoms in total. The molecule has 0 aliphatic rings. The van der Waals surface area contributed by atoms with Gasteiger partial charge in [0.25, 0.3) is 0 Å². The van der Waals surface area contributed by atoms with E-state index in [0.29, 0.717) is 0 Å². The molecule has 0 saturated heterocycles. The largest absolute Gasteiger partial charge is 0.361 e. The Morgan fingerprint density at radius 1 is 0.882 bits per heavy atom. The summed E-state index contributed by atoms with van der Waals surface area (Å²) in [7, 11) is 0. The lowest BCUT2D eigenvalue weighted by molar-refractivity contribution is 1.47. The summed E-state index contributed by atoms with van der Waals surface area (Å²) in [6.07, 6.45) is 1.96. The Morgan fingerprint density at radius 2 is 1.71 bits per heavy atom. The number of nitrogens with one attached hydrogen (secondary N) is 1. The molecule has 0 aliphatic carbocycles. The third-order valence-corrected chi connectivity index (χ3v) is 3.37. The molecule has 0 amide bonds. The van der Waals surface area contributed by atoms with Crippen LogP contribution in [-0.2, 0) is 0 Å². The first-order valence-electron chi connectivity index (χ1n) is 5.27. The van der Waals surface area contributed by atoms with E-state index in [1.54, 1.807) is 0 Å². The fourth-order valence-corrected chi connectivity index (χ4v) is 2.40. The third-order valence-electron chi connectivity index (χ3n) is 2.81. The van der Waals surface area contributed by atoms with E-state index in [9.17, 15) is 0 Å². The molecule has 1 heterocycles. The Labute approximate surface area is 109 Å². The summed E-state index contributed by atoms with van der Waals surface area (Å²) in [6, 6.07) is 13.6. The van der Waals surface area contributed by atoms with Crippen molar-refractivity contribution < 1.29 is 0 Å². The third kappa shape index (κ3) is 1.82. The monoisotopic (exact) mass is 261 g/mol. The first kappa shape index (κ1) is 10.7. The van der Waals surface area contributed by atoms with E-state index in [2.05, 4.69) is 4.98 Å². The molecule has 0 spiro atoms. The van der Waals surface area contributed by atoms with Gasteiger partial charge in [-0.3, -0.25) is 0 Å². The first-order valence-corrected chi connectivity index (χ1v) is 6.03. The fourth-order valence-electron chi connectivity index (χ4n) is 2.00. The van der Waals surface area contributed by atoms with Crippen molar-refractivity contribution >= 4 is 34.1 Å². The highest BCUT2D eigenvalue weighted by Gasteiger charge is 2.08. The van der Waals surface area contributed by atoms with Gasteiger partial charge in [0.2, 0.25) is 0 Å². The minimum Gasteiger partial charge on any atom is -0.361 e. The molecule has 0 fully saturated rings. The Morgan fingerprint density at radius 3 is 2.53 bits per heavy atom. The summed E-state index contributed by atoms with van der Waals surface area (Å²) in [5.74, 6) is 0. The van der Waals surface area contributed by atoms with Gasteiger partial charge in [0, 0.05) is 38.3 Å². The standard InChI is InChI=1S/C14H9Cl2N/c15-9-5-6-14-11(7-9)12(8-17-14)10-3-1-2-4-13(10)16/h1-8,17H. The van der Waals surface area contributed by atoms with Crippen molar-refractivity contribution in [2.24, 2.45) is 0 Å². The van der Waals surface area contributed by atoms with Gasteiger partial charge < -0.3 is 4.98 Å². The predicted molar refractivity (Wildman–Crippen MR) is 73.8 cm³/mol. The fraction of sp³-hybridized carbons (Fsp3) is 0. The van der Waals surface area contributed by atoms with Crippen LogP contribution in [0.2, 0.25) is 10.0 Å². The number of hydrogen-bond acceptors (Lipinski definition) is 0. The summed E-state index contributed by atoms with van der Waals surface area (Å²) < 4.78 is 0. The van der Waals surface area contributed by atoms with Crippen LogP contribution in [0.25, 0.3) is 22.0 Å². The lowest BCUT2D eigenvalue weighted by Gasteiger charge is -2.02. The van der Waals surface area contributed by atoms with Crippen molar-refractivity contribution in [3.8, 4) is 11.1 Å². The number of halogens is 2. The normalized spacial score (nSPS) is 10.9. The smallest absolute Gasteiger partial charge is 0.0485 e. The van der Waals surface area contributed by atoms with Gasteiger partial charge in [-0.05, 0) is 24.3 Å². The second-order valence-electron chi connectivity index (χ2n) is 3.87. The van der Waals surface area contributed by atoms with Crippen LogP contribution in [0.1, 0.15) is 0 Å². The van der Waals surface area contributed by atoms with Gasteiger partial charge in [-0.1, -0.05) is 41.4 Å². The van der Waals surface area contributed by atoms with Gasteiger partial charge in [-0.15, -0.1) is 0 Å². The maximum Gasteiger partial charge on any atom is 0.0485 e. The summed E-state index contributed by atoms with van der Waals surface area (Å²) in [5.41, 5.74) is 3.15. The zero-order valence-corrected chi connectivity index (χ0v) is 10.4. The second-order valence-corrected chi connectivity index (χ2v) is 4.72. The molecular weight excluding hydrogens is 253 g/mol. The van der Waals surface area contributed by atoms with Crippen LogP contribution < -0.4 is 0 Å². The molecule has 0 radical (unpaired) electrons. The topological polar surface area (TPSA) is 15.8 Å². The van der Waals surface area contributed by atoms with Crippen LogP contribution in [0.3, 0.4) is 0 Å². The van der Waals surface area contributed by atoms with Crippen LogP contribution in [0.4, 0.5) is 0 Å². The van der Waals surface area contributed by atoms with Crippen LogP contribution in [0.5, 0.6) is 0 Å². The lowest BCUT2D eigenvalue weighted by atomic mass is 10.1. The number of rotatable bonds is 1. The van der Waals surface area contributed by atoms with E-state index in [1.807, 2.05) is 48.7 Å². The van der Waals surface area contributed by atoms with Crippen LogP contribution in [0, 0.1) is 0 Å². The van der Waals surface area contributed by atoms with Gasteiger partial charge in [0.15, 0.2) is 0 Å². The lowest BCUT2D eigenvalue weighted by Crippen LogP contribution is -1.77. The number of H-pyrrole nitrogens is 1. The summed E-state index contributed by atoms with van der Waals surface area (Å²) in [4.78, 5) is 3.22. The quantitative estimate of drug-likeness (QED) is 0.624. The Hall–Kier alpha value is -1.44. The zero-order valence-electron chi connectivity index (χ0n) is 8.87. The highest BCUT2D eigenvalue weighted by Crippen LogP contribution is 2.34. The number of aromatic amines is 1. The van der Waals surface area contributed by atoms with E-state index in [0.717, 1.165) is 32.1 Å². The maximum atomic E-state index is 6.21. The Balaban J connectivity index is 2.31. The molecule has 1 aromatic heterocycles. The molecule has 3 aromatic rings. The maximum absolute atomic E-state index is 6.21. The number of fused-ring (bicyclic) bond motifs is 1. The predicted octanol–water partition coefficient (Wildman–Crippen LogP) is 5.14. The van der Waals surface area contributed by atoms with Gasteiger partial charge in [0.05, 0.1) is 0 Å². The SMILES string of the molecule is Clc1ccc2[nH]cc(-c3ccccc3Cl)c2c1. The molecule has 84 valence electrons. The van der Waals surface area contributed by atoms with Gasteiger partial charge >= 0.3 is 0 Å². The molecule has 0 atom stereocenters. The van der Waals surface area contributed by atoms with Gasteiger partial charge in [-0.2, -0.15) is 0 Å². The molecule has 0 unspecified atom stereocenters. The van der Waals surface area contributed by atoms with Crippen LogP contribution in [-0.4, -0.2) is 4.98 Å². The zero-order chi connectivity index (χ0) is 11.8.